The molecule has 0 spiro atoms. The van der Waals surface area contributed by atoms with Crippen LogP contribution in [0.2, 0.25) is 0 Å². The average molecular weight is 200 g/mol. The third-order valence-corrected chi connectivity index (χ3v) is 2.58. The van der Waals surface area contributed by atoms with Gasteiger partial charge in [-0.2, -0.15) is 0 Å². The molecule has 1 rings (SSSR count). The van der Waals surface area contributed by atoms with Crippen LogP contribution >= 0.6 is 0 Å². The van der Waals surface area contributed by atoms with Crippen LogP contribution in [-0.4, -0.2) is 48.6 Å². The number of likely N-dealkylation sites (N-methyl/N-ethyl adjacent to an activating group) is 1. The molecule has 0 N–H and O–H groups in total. The van der Waals surface area contributed by atoms with E-state index in [1.165, 1.54) is 39.1 Å². The quantitative estimate of drug-likeness (QED) is 0.675. The van der Waals surface area contributed by atoms with Gasteiger partial charge in [0.25, 0.3) is 0 Å². The first kappa shape index (κ1) is 13.9. The van der Waals surface area contributed by atoms with E-state index in [0.717, 1.165) is 6.04 Å². The van der Waals surface area contributed by atoms with E-state index >= 15 is 0 Å². The normalized spacial score (nSPS) is 19.3. The van der Waals surface area contributed by atoms with Gasteiger partial charge in [0.1, 0.15) is 0 Å². The number of piperazine rings is 1. The topological polar surface area (TPSA) is 6.48 Å². The first-order valence-corrected chi connectivity index (χ1v) is 6.12. The Labute approximate surface area is 90.3 Å². The molecule has 0 amide bonds. The minimum atomic E-state index is 0.731. The van der Waals surface area contributed by atoms with Crippen molar-refractivity contribution in [3.05, 3.63) is 0 Å². The zero-order valence-corrected chi connectivity index (χ0v) is 10.7. The Morgan fingerprint density at radius 1 is 0.929 bits per heavy atom. The van der Waals surface area contributed by atoms with Crippen molar-refractivity contribution in [1.29, 1.82) is 0 Å². The minimum Gasteiger partial charge on any atom is -0.301 e. The summed E-state index contributed by atoms with van der Waals surface area (Å²) in [4.78, 5) is 5.06. The lowest BCUT2D eigenvalue weighted by molar-refractivity contribution is 0.112. The molecule has 0 aromatic carbocycles. The largest absolute Gasteiger partial charge is 0.301 e. The fourth-order valence-electron chi connectivity index (χ4n) is 1.60. The monoisotopic (exact) mass is 200 g/mol. The summed E-state index contributed by atoms with van der Waals surface area (Å²) in [6.07, 6.45) is 1.25. The summed E-state index contributed by atoms with van der Waals surface area (Å²) in [6, 6.07) is 0.731. The maximum absolute atomic E-state index is 2.55. The van der Waals surface area contributed by atoms with Gasteiger partial charge in [0.05, 0.1) is 0 Å². The molecule has 86 valence electrons. The van der Waals surface area contributed by atoms with Gasteiger partial charge in [-0.05, 0) is 20.4 Å². The third-order valence-electron chi connectivity index (χ3n) is 2.58. The van der Waals surface area contributed by atoms with E-state index in [2.05, 4.69) is 44.4 Å². The van der Waals surface area contributed by atoms with Crippen LogP contribution < -0.4 is 0 Å². The molecule has 1 aliphatic rings. The second-order valence-electron chi connectivity index (χ2n) is 4.27. The zero-order valence-electron chi connectivity index (χ0n) is 10.7. The zero-order chi connectivity index (χ0) is 11.0. The molecule has 14 heavy (non-hydrogen) atoms. The number of nitrogens with zero attached hydrogens (tertiary/aromatic N) is 2. The summed E-state index contributed by atoms with van der Waals surface area (Å²) in [7, 11) is 0. The number of hydrogen-bond donors (Lipinski definition) is 0. The highest BCUT2D eigenvalue weighted by atomic mass is 15.3. The van der Waals surface area contributed by atoms with Crippen LogP contribution in [0.1, 0.15) is 41.0 Å². The molecule has 0 bridgehead atoms. The molecule has 0 unspecified atom stereocenters. The highest BCUT2D eigenvalue weighted by Gasteiger charge is 2.16. The molecule has 1 heterocycles. The molecular formula is C12H28N2. The van der Waals surface area contributed by atoms with Crippen LogP contribution in [-0.2, 0) is 0 Å². The van der Waals surface area contributed by atoms with Gasteiger partial charge in [-0.3, -0.25) is 4.90 Å². The first-order chi connectivity index (χ1) is 6.65. The van der Waals surface area contributed by atoms with Crippen molar-refractivity contribution in [3.8, 4) is 0 Å². The van der Waals surface area contributed by atoms with Gasteiger partial charge in [-0.25, -0.2) is 0 Å². The van der Waals surface area contributed by atoms with Gasteiger partial charge in [0.2, 0.25) is 0 Å². The lowest BCUT2D eigenvalue weighted by atomic mass is 10.2. The maximum atomic E-state index is 2.55. The minimum absolute atomic E-state index is 0.731. The SMILES string of the molecule is CCC.CCN1CCN(C(C)C)CC1. The molecule has 1 fully saturated rings. The molecule has 0 atom stereocenters. The lowest BCUT2D eigenvalue weighted by Crippen LogP contribution is -2.48. The van der Waals surface area contributed by atoms with Gasteiger partial charge in [-0.15, -0.1) is 0 Å². The fourth-order valence-corrected chi connectivity index (χ4v) is 1.60. The van der Waals surface area contributed by atoms with E-state index in [1.807, 2.05) is 0 Å². The Kier molecular flexibility index (Phi) is 8.20. The molecule has 2 heteroatoms. The summed E-state index contributed by atoms with van der Waals surface area (Å²) >= 11 is 0. The smallest absolute Gasteiger partial charge is 0.0113 e. The Morgan fingerprint density at radius 3 is 1.64 bits per heavy atom. The molecule has 2 nitrogen and oxygen atoms in total. The lowest BCUT2D eigenvalue weighted by Gasteiger charge is -2.36. The van der Waals surface area contributed by atoms with E-state index in [1.54, 1.807) is 0 Å². The molecular weight excluding hydrogens is 172 g/mol. The Hall–Kier alpha value is -0.0800. The van der Waals surface area contributed by atoms with Gasteiger partial charge in [0.15, 0.2) is 0 Å². The summed E-state index contributed by atoms with van der Waals surface area (Å²) in [5.74, 6) is 0. The average Bonchev–Trinajstić information content (AvgIpc) is 2.19. The van der Waals surface area contributed by atoms with Crippen LogP contribution in [0.25, 0.3) is 0 Å². The predicted molar refractivity (Wildman–Crippen MR) is 64.8 cm³/mol. The summed E-state index contributed by atoms with van der Waals surface area (Å²) < 4.78 is 0. The van der Waals surface area contributed by atoms with Crippen molar-refractivity contribution in [2.75, 3.05) is 32.7 Å². The van der Waals surface area contributed by atoms with Gasteiger partial charge in [0, 0.05) is 32.2 Å². The van der Waals surface area contributed by atoms with Crippen molar-refractivity contribution in [2.24, 2.45) is 0 Å². The van der Waals surface area contributed by atoms with Gasteiger partial charge < -0.3 is 4.90 Å². The highest BCUT2D eigenvalue weighted by molar-refractivity contribution is 4.72. The van der Waals surface area contributed by atoms with Crippen molar-refractivity contribution in [3.63, 3.8) is 0 Å². The Morgan fingerprint density at radius 2 is 1.36 bits per heavy atom. The van der Waals surface area contributed by atoms with E-state index in [4.69, 9.17) is 0 Å². The molecule has 0 aromatic heterocycles. The summed E-state index contributed by atoms with van der Waals surface area (Å²) in [6.45, 7) is 17.3. The standard InChI is InChI=1S/C9H20N2.C3H8/c1-4-10-5-7-11(8-6-10)9(2)3;1-3-2/h9H,4-8H2,1-3H3;3H2,1-2H3. The van der Waals surface area contributed by atoms with Gasteiger partial charge in [-0.1, -0.05) is 27.2 Å². The van der Waals surface area contributed by atoms with Crippen molar-refractivity contribution in [2.45, 2.75) is 47.1 Å². The molecule has 0 radical (unpaired) electrons. The first-order valence-electron chi connectivity index (χ1n) is 6.12. The van der Waals surface area contributed by atoms with E-state index in [9.17, 15) is 0 Å². The Bertz CT molecular complexity index is 115. The number of hydrogen-bond acceptors (Lipinski definition) is 2. The van der Waals surface area contributed by atoms with Gasteiger partial charge >= 0.3 is 0 Å². The third kappa shape index (κ3) is 5.61. The summed E-state index contributed by atoms with van der Waals surface area (Å²) in [5, 5.41) is 0. The van der Waals surface area contributed by atoms with Crippen molar-refractivity contribution in [1.82, 2.24) is 9.80 Å². The Balaban J connectivity index is 0.000000500. The predicted octanol–water partition coefficient (Wildman–Crippen LogP) is 2.45. The van der Waals surface area contributed by atoms with Crippen LogP contribution in [0.4, 0.5) is 0 Å². The molecule has 0 aliphatic carbocycles. The summed E-state index contributed by atoms with van der Waals surface area (Å²) in [5.41, 5.74) is 0. The second-order valence-corrected chi connectivity index (χ2v) is 4.27. The van der Waals surface area contributed by atoms with Crippen molar-refractivity contribution < 1.29 is 0 Å². The fraction of sp³-hybridized carbons (Fsp3) is 1.00. The molecule has 0 aromatic rings. The number of rotatable bonds is 2. The molecule has 0 saturated carbocycles. The second kappa shape index (κ2) is 8.25. The van der Waals surface area contributed by atoms with Crippen LogP contribution in [0.3, 0.4) is 0 Å². The van der Waals surface area contributed by atoms with Crippen LogP contribution in [0, 0.1) is 0 Å². The van der Waals surface area contributed by atoms with E-state index < -0.39 is 0 Å². The maximum Gasteiger partial charge on any atom is 0.0113 e. The van der Waals surface area contributed by atoms with E-state index in [-0.39, 0.29) is 0 Å². The molecule has 1 aliphatic heterocycles. The molecule has 1 saturated heterocycles. The van der Waals surface area contributed by atoms with E-state index in [0.29, 0.717) is 0 Å². The van der Waals surface area contributed by atoms with Crippen LogP contribution in [0.15, 0.2) is 0 Å². The van der Waals surface area contributed by atoms with Crippen LogP contribution in [0.5, 0.6) is 0 Å². The highest BCUT2D eigenvalue weighted by Crippen LogP contribution is 2.04. The van der Waals surface area contributed by atoms with Crippen molar-refractivity contribution >= 4 is 0 Å².